The second kappa shape index (κ2) is 11.7. The van der Waals surface area contributed by atoms with E-state index < -0.39 is 6.04 Å². The highest BCUT2D eigenvalue weighted by molar-refractivity contribution is 5.88. The van der Waals surface area contributed by atoms with E-state index in [-0.39, 0.29) is 30.1 Å². The molecule has 1 aliphatic rings. The number of carbonyl (C=O) groups is 2. The largest absolute Gasteiger partial charge is 0.497 e. The van der Waals surface area contributed by atoms with Crippen LogP contribution in [0.15, 0.2) is 48.5 Å². The van der Waals surface area contributed by atoms with E-state index >= 15 is 0 Å². The number of ether oxygens (including phenoxy) is 1. The summed E-state index contributed by atoms with van der Waals surface area (Å²) in [7, 11) is 1.60. The van der Waals surface area contributed by atoms with Gasteiger partial charge >= 0.3 is 0 Å². The first-order valence-corrected chi connectivity index (χ1v) is 11.5. The maximum atomic E-state index is 13.4. The Morgan fingerprint density at radius 1 is 1.09 bits per heavy atom. The number of rotatable bonds is 9. The number of amides is 2. The number of methoxy groups -OCH3 is 1. The van der Waals surface area contributed by atoms with Crippen LogP contribution in [0.2, 0.25) is 0 Å². The summed E-state index contributed by atoms with van der Waals surface area (Å²) in [6.07, 6.45) is 6.05. The number of nitrogens with one attached hydrogen (secondary N) is 1. The van der Waals surface area contributed by atoms with Crippen molar-refractivity contribution in [1.29, 1.82) is 0 Å². The summed E-state index contributed by atoms with van der Waals surface area (Å²) in [6, 6.07) is 13.1. The van der Waals surface area contributed by atoms with Gasteiger partial charge in [0.25, 0.3) is 0 Å². The molecule has 3 rings (SSSR count). The molecule has 1 fully saturated rings. The van der Waals surface area contributed by atoms with Crippen LogP contribution in [-0.4, -0.2) is 35.9 Å². The van der Waals surface area contributed by atoms with Gasteiger partial charge in [-0.15, -0.1) is 0 Å². The van der Waals surface area contributed by atoms with E-state index in [1.165, 1.54) is 18.6 Å². The van der Waals surface area contributed by atoms with Crippen LogP contribution in [0.1, 0.15) is 56.6 Å². The highest BCUT2D eigenvalue weighted by atomic mass is 19.1. The minimum atomic E-state index is -0.573. The van der Waals surface area contributed by atoms with Crippen molar-refractivity contribution >= 4 is 11.8 Å². The van der Waals surface area contributed by atoms with Crippen molar-refractivity contribution in [2.75, 3.05) is 7.11 Å². The number of benzene rings is 2. The summed E-state index contributed by atoms with van der Waals surface area (Å²) in [5.74, 6) is 0.0979. The highest BCUT2D eigenvalue weighted by Gasteiger charge is 2.30. The van der Waals surface area contributed by atoms with Gasteiger partial charge in [0.2, 0.25) is 11.8 Å². The lowest BCUT2D eigenvalue weighted by molar-refractivity contribution is -0.141. The summed E-state index contributed by atoms with van der Waals surface area (Å²) in [4.78, 5) is 28.2. The average molecular weight is 441 g/mol. The lowest BCUT2D eigenvalue weighted by Crippen LogP contribution is -2.51. The van der Waals surface area contributed by atoms with Crippen molar-refractivity contribution in [3.8, 4) is 5.75 Å². The van der Waals surface area contributed by atoms with Crippen LogP contribution in [0.25, 0.3) is 0 Å². The molecule has 0 saturated heterocycles. The van der Waals surface area contributed by atoms with Crippen LogP contribution in [0, 0.1) is 5.82 Å². The molecule has 2 aromatic carbocycles. The summed E-state index contributed by atoms with van der Waals surface area (Å²) in [5, 5.41) is 3.18. The molecule has 1 atom stereocenters. The molecule has 2 amide bonds. The van der Waals surface area contributed by atoms with Gasteiger partial charge < -0.3 is 15.0 Å². The number of nitrogens with zero attached hydrogens (tertiary/aromatic N) is 1. The van der Waals surface area contributed by atoms with Gasteiger partial charge in [-0.3, -0.25) is 9.59 Å². The van der Waals surface area contributed by atoms with E-state index in [1.807, 2.05) is 31.2 Å². The van der Waals surface area contributed by atoms with Crippen LogP contribution in [0.3, 0.4) is 0 Å². The topological polar surface area (TPSA) is 58.6 Å². The molecule has 0 spiro atoms. The van der Waals surface area contributed by atoms with Crippen LogP contribution in [0.4, 0.5) is 4.39 Å². The zero-order valence-corrected chi connectivity index (χ0v) is 19.0. The van der Waals surface area contributed by atoms with E-state index in [0.717, 1.165) is 36.8 Å². The van der Waals surface area contributed by atoms with Crippen molar-refractivity contribution < 1.29 is 18.7 Å². The van der Waals surface area contributed by atoms with Crippen LogP contribution in [-0.2, 0) is 22.6 Å². The van der Waals surface area contributed by atoms with Crippen molar-refractivity contribution in [2.45, 2.75) is 70.5 Å². The minimum absolute atomic E-state index is 0.102. The number of carbonyl (C=O) groups excluding carboxylic acids is 2. The Bertz CT molecular complexity index is 894. The number of hydrogen-bond donors (Lipinski definition) is 1. The van der Waals surface area contributed by atoms with Crippen molar-refractivity contribution in [1.82, 2.24) is 10.2 Å². The second-order valence-corrected chi connectivity index (χ2v) is 8.44. The average Bonchev–Trinajstić information content (AvgIpc) is 2.81. The Morgan fingerprint density at radius 2 is 1.81 bits per heavy atom. The third-order valence-electron chi connectivity index (χ3n) is 6.09. The normalized spacial score (nSPS) is 15.1. The summed E-state index contributed by atoms with van der Waals surface area (Å²) in [6.45, 7) is 2.22. The van der Waals surface area contributed by atoms with E-state index in [4.69, 9.17) is 4.74 Å². The van der Waals surface area contributed by atoms with Gasteiger partial charge in [-0.25, -0.2) is 4.39 Å². The molecule has 172 valence electrons. The van der Waals surface area contributed by atoms with Crippen LogP contribution < -0.4 is 10.1 Å². The maximum Gasteiger partial charge on any atom is 0.243 e. The molecular weight excluding hydrogens is 407 g/mol. The molecule has 1 N–H and O–H groups in total. The fourth-order valence-corrected chi connectivity index (χ4v) is 4.31. The quantitative estimate of drug-likeness (QED) is 0.618. The van der Waals surface area contributed by atoms with E-state index in [9.17, 15) is 14.0 Å². The van der Waals surface area contributed by atoms with E-state index in [2.05, 4.69) is 5.32 Å². The first kappa shape index (κ1) is 23.8. The minimum Gasteiger partial charge on any atom is -0.497 e. The summed E-state index contributed by atoms with van der Waals surface area (Å²) < 4.78 is 18.6. The zero-order valence-electron chi connectivity index (χ0n) is 19.0. The monoisotopic (exact) mass is 440 g/mol. The Morgan fingerprint density at radius 3 is 2.47 bits per heavy atom. The van der Waals surface area contributed by atoms with E-state index in [1.54, 1.807) is 24.1 Å². The number of halogens is 1. The van der Waals surface area contributed by atoms with Crippen molar-refractivity contribution in [3.63, 3.8) is 0 Å². The van der Waals surface area contributed by atoms with E-state index in [0.29, 0.717) is 18.7 Å². The molecule has 1 aliphatic carbocycles. The predicted molar refractivity (Wildman–Crippen MR) is 123 cm³/mol. The van der Waals surface area contributed by atoms with Crippen LogP contribution in [0.5, 0.6) is 5.75 Å². The first-order valence-electron chi connectivity index (χ1n) is 11.5. The Balaban J connectivity index is 1.81. The molecule has 0 bridgehead atoms. The van der Waals surface area contributed by atoms with Gasteiger partial charge in [-0.2, -0.15) is 0 Å². The van der Waals surface area contributed by atoms with Crippen molar-refractivity contribution in [3.05, 3.63) is 65.5 Å². The van der Waals surface area contributed by atoms with Gasteiger partial charge in [0.15, 0.2) is 0 Å². The zero-order chi connectivity index (χ0) is 22.9. The maximum absolute atomic E-state index is 13.4. The molecule has 0 heterocycles. The third-order valence-corrected chi connectivity index (χ3v) is 6.09. The fraction of sp³-hybridized carbons (Fsp3) is 0.462. The lowest BCUT2D eigenvalue weighted by Gasteiger charge is -2.33. The number of hydrogen-bond acceptors (Lipinski definition) is 3. The molecular formula is C26H33FN2O3. The molecule has 1 saturated carbocycles. The summed E-state index contributed by atoms with van der Waals surface area (Å²) >= 11 is 0. The summed E-state index contributed by atoms with van der Waals surface area (Å²) in [5.41, 5.74) is 1.61. The molecule has 0 radical (unpaired) electrons. The molecule has 0 aromatic heterocycles. The smallest absolute Gasteiger partial charge is 0.243 e. The standard InChI is InChI=1S/C26H33FN2O3/c1-3-24(26(31)28-22-9-5-4-6-10-22)29(18-20-8-7-11-23(16-20)32-2)25(30)17-19-12-14-21(27)15-13-19/h7-8,11-16,22,24H,3-6,9-10,17-18H2,1-2H3,(H,28,31). The highest BCUT2D eigenvalue weighted by Crippen LogP contribution is 2.21. The molecule has 6 heteroatoms. The van der Waals surface area contributed by atoms with Gasteiger partial charge in [0, 0.05) is 12.6 Å². The second-order valence-electron chi connectivity index (χ2n) is 8.44. The Labute approximate surface area is 190 Å². The molecule has 1 unspecified atom stereocenters. The molecule has 5 nitrogen and oxygen atoms in total. The molecule has 0 aliphatic heterocycles. The van der Waals surface area contributed by atoms with Gasteiger partial charge in [0.1, 0.15) is 17.6 Å². The fourth-order valence-electron chi connectivity index (χ4n) is 4.31. The van der Waals surface area contributed by atoms with Gasteiger partial charge in [0.05, 0.1) is 13.5 Å². The Hall–Kier alpha value is -2.89. The van der Waals surface area contributed by atoms with Gasteiger partial charge in [-0.05, 0) is 54.7 Å². The van der Waals surface area contributed by atoms with Crippen LogP contribution >= 0.6 is 0 Å². The predicted octanol–water partition coefficient (Wildman–Crippen LogP) is 4.63. The molecule has 32 heavy (non-hydrogen) atoms. The first-order chi connectivity index (χ1) is 15.5. The van der Waals surface area contributed by atoms with Crippen molar-refractivity contribution in [2.24, 2.45) is 0 Å². The SMILES string of the molecule is CCC(C(=O)NC1CCCCC1)N(Cc1cccc(OC)c1)C(=O)Cc1ccc(F)cc1. The lowest BCUT2D eigenvalue weighted by atomic mass is 9.95. The Kier molecular flexibility index (Phi) is 8.65. The molecule has 2 aromatic rings. The van der Waals surface area contributed by atoms with Gasteiger partial charge in [-0.1, -0.05) is 50.5 Å². The third kappa shape index (κ3) is 6.55.